The van der Waals surface area contributed by atoms with Gasteiger partial charge in [0.15, 0.2) is 5.96 Å². The molecule has 0 saturated heterocycles. The fraction of sp³-hybridized carbons (Fsp3) is 0.571. The highest BCUT2D eigenvalue weighted by Crippen LogP contribution is 2.25. The lowest BCUT2D eigenvalue weighted by atomic mass is 9.85. The first kappa shape index (κ1) is 25.2. The predicted octanol–water partition coefficient (Wildman–Crippen LogP) is 2.02. The van der Waals surface area contributed by atoms with E-state index in [1.54, 1.807) is 26.0 Å². The van der Waals surface area contributed by atoms with E-state index in [9.17, 15) is 9.59 Å². The maximum Gasteiger partial charge on any atom is 0.253 e. The van der Waals surface area contributed by atoms with Crippen molar-refractivity contribution in [3.05, 3.63) is 35.4 Å². The van der Waals surface area contributed by atoms with E-state index in [0.29, 0.717) is 12.1 Å². The minimum atomic E-state index is 0. The van der Waals surface area contributed by atoms with Crippen LogP contribution in [0.5, 0.6) is 0 Å². The zero-order valence-electron chi connectivity index (χ0n) is 17.7. The highest BCUT2D eigenvalue weighted by Gasteiger charge is 2.24. The van der Waals surface area contributed by atoms with Gasteiger partial charge in [-0.05, 0) is 43.4 Å². The molecule has 0 bridgehead atoms. The zero-order valence-corrected chi connectivity index (χ0v) is 20.0. The van der Waals surface area contributed by atoms with Crippen molar-refractivity contribution in [2.45, 2.75) is 32.1 Å². The molecule has 0 radical (unpaired) electrons. The maximum atomic E-state index is 12.1. The van der Waals surface area contributed by atoms with Crippen LogP contribution >= 0.6 is 24.0 Å². The van der Waals surface area contributed by atoms with Crippen LogP contribution in [-0.4, -0.2) is 63.5 Å². The van der Waals surface area contributed by atoms with Gasteiger partial charge in [-0.2, -0.15) is 0 Å². The molecular weight excluding hydrogens is 481 g/mol. The third-order valence-corrected chi connectivity index (χ3v) is 4.93. The smallest absolute Gasteiger partial charge is 0.253 e. The van der Waals surface area contributed by atoms with E-state index in [1.807, 2.05) is 24.3 Å². The van der Waals surface area contributed by atoms with Crippen LogP contribution in [0.15, 0.2) is 29.3 Å². The molecule has 2 rings (SSSR count). The monoisotopic (exact) mass is 515 g/mol. The minimum Gasteiger partial charge on any atom is -0.356 e. The second kappa shape index (κ2) is 13.4. The lowest BCUT2D eigenvalue weighted by molar-refractivity contribution is -0.127. The number of rotatable bonds is 9. The van der Waals surface area contributed by atoms with Crippen LogP contribution in [0, 0.1) is 5.92 Å². The van der Waals surface area contributed by atoms with Crippen LogP contribution in [0.25, 0.3) is 0 Å². The summed E-state index contributed by atoms with van der Waals surface area (Å²) >= 11 is 0. The van der Waals surface area contributed by atoms with E-state index < -0.39 is 0 Å². The molecule has 0 spiro atoms. The lowest BCUT2D eigenvalue weighted by Crippen LogP contribution is -2.40. The molecule has 0 aliphatic heterocycles. The van der Waals surface area contributed by atoms with Crippen LogP contribution < -0.4 is 16.0 Å². The normalized spacial score (nSPS) is 13.7. The molecular formula is C21H34IN5O2. The van der Waals surface area contributed by atoms with Gasteiger partial charge in [0.05, 0.1) is 0 Å². The number of halogens is 1. The summed E-state index contributed by atoms with van der Waals surface area (Å²) in [5.74, 6) is 1.19. The molecule has 1 aliphatic carbocycles. The molecule has 1 saturated carbocycles. The van der Waals surface area contributed by atoms with Crippen LogP contribution in [0.3, 0.4) is 0 Å². The highest BCUT2D eigenvalue weighted by atomic mass is 127. The molecule has 1 fully saturated rings. The molecule has 0 aromatic heterocycles. The fourth-order valence-corrected chi connectivity index (χ4v) is 2.99. The quantitative estimate of drug-likeness (QED) is 0.203. The first-order valence-electron chi connectivity index (χ1n) is 10.0. The fourth-order valence-electron chi connectivity index (χ4n) is 2.99. The highest BCUT2D eigenvalue weighted by molar-refractivity contribution is 14.0. The summed E-state index contributed by atoms with van der Waals surface area (Å²) < 4.78 is 0. The Morgan fingerprint density at radius 1 is 1.10 bits per heavy atom. The number of carbonyl (C=O) groups excluding carboxylic acids is 2. The van der Waals surface area contributed by atoms with Crippen LogP contribution in [0.1, 0.15) is 41.6 Å². The largest absolute Gasteiger partial charge is 0.356 e. The zero-order chi connectivity index (χ0) is 20.4. The molecule has 162 valence electrons. The molecule has 1 aliphatic rings. The van der Waals surface area contributed by atoms with E-state index in [0.717, 1.165) is 50.3 Å². The SMILES string of the molecule is CN=C(NCCCNC(=O)C1CCC1)NCCc1cccc(C(=O)N(C)C)c1.I. The Balaban J connectivity index is 0.00000420. The van der Waals surface area contributed by atoms with E-state index in [4.69, 9.17) is 0 Å². The first-order valence-corrected chi connectivity index (χ1v) is 10.0. The van der Waals surface area contributed by atoms with Gasteiger partial charge >= 0.3 is 0 Å². The van der Waals surface area contributed by atoms with Crippen LogP contribution in [0.2, 0.25) is 0 Å². The summed E-state index contributed by atoms with van der Waals surface area (Å²) in [4.78, 5) is 29.6. The van der Waals surface area contributed by atoms with Crippen LogP contribution in [0.4, 0.5) is 0 Å². The molecule has 3 N–H and O–H groups in total. The van der Waals surface area contributed by atoms with Crippen LogP contribution in [-0.2, 0) is 11.2 Å². The third-order valence-electron chi connectivity index (χ3n) is 4.93. The number of carbonyl (C=O) groups is 2. The van der Waals surface area contributed by atoms with Crippen molar-refractivity contribution in [1.82, 2.24) is 20.9 Å². The average Bonchev–Trinajstić information content (AvgIpc) is 2.64. The van der Waals surface area contributed by atoms with Gasteiger partial charge in [0, 0.05) is 52.3 Å². The van der Waals surface area contributed by atoms with Gasteiger partial charge in [-0.1, -0.05) is 18.6 Å². The van der Waals surface area contributed by atoms with Gasteiger partial charge in [-0.15, -0.1) is 24.0 Å². The van der Waals surface area contributed by atoms with Gasteiger partial charge in [0.1, 0.15) is 0 Å². The van der Waals surface area contributed by atoms with E-state index >= 15 is 0 Å². The van der Waals surface area contributed by atoms with E-state index in [2.05, 4.69) is 20.9 Å². The lowest BCUT2D eigenvalue weighted by Gasteiger charge is -2.24. The topological polar surface area (TPSA) is 85.8 Å². The number of benzene rings is 1. The molecule has 0 heterocycles. The average molecular weight is 515 g/mol. The van der Waals surface area contributed by atoms with Crippen molar-refractivity contribution in [3.8, 4) is 0 Å². The Bertz CT molecular complexity index is 689. The number of aliphatic imine (C=N–C) groups is 1. The summed E-state index contributed by atoms with van der Waals surface area (Å²) in [5, 5.41) is 9.53. The Morgan fingerprint density at radius 3 is 2.41 bits per heavy atom. The van der Waals surface area contributed by atoms with Crippen molar-refractivity contribution < 1.29 is 9.59 Å². The van der Waals surface area contributed by atoms with Crippen molar-refractivity contribution in [2.24, 2.45) is 10.9 Å². The number of nitrogens with zero attached hydrogens (tertiary/aromatic N) is 2. The summed E-state index contributed by atoms with van der Waals surface area (Å²) in [7, 11) is 5.25. The molecule has 29 heavy (non-hydrogen) atoms. The Morgan fingerprint density at radius 2 is 1.79 bits per heavy atom. The summed E-state index contributed by atoms with van der Waals surface area (Å²) in [6.07, 6.45) is 4.90. The van der Waals surface area contributed by atoms with E-state index in [1.165, 1.54) is 6.42 Å². The van der Waals surface area contributed by atoms with Gasteiger partial charge in [0.2, 0.25) is 5.91 Å². The molecule has 0 unspecified atom stereocenters. The standard InChI is InChI=1S/C21H33N5O2.HI/c1-22-21(24-13-6-12-23-19(27)17-8-5-9-17)25-14-11-16-7-4-10-18(15-16)20(28)26(2)3;/h4,7,10,15,17H,5-6,8-9,11-14H2,1-3H3,(H,23,27)(H2,22,24,25);1H. The minimum absolute atomic E-state index is 0. The van der Waals surface area contributed by atoms with Gasteiger partial charge in [0.25, 0.3) is 5.91 Å². The van der Waals surface area contributed by atoms with Gasteiger partial charge < -0.3 is 20.9 Å². The summed E-state index contributed by atoms with van der Waals surface area (Å²) in [6, 6.07) is 7.71. The number of nitrogens with one attached hydrogen (secondary N) is 3. The Hall–Kier alpha value is -1.84. The number of hydrogen-bond acceptors (Lipinski definition) is 3. The molecule has 1 aromatic carbocycles. The maximum absolute atomic E-state index is 12.1. The molecule has 7 nitrogen and oxygen atoms in total. The van der Waals surface area contributed by atoms with Crippen molar-refractivity contribution in [3.63, 3.8) is 0 Å². The molecule has 8 heteroatoms. The molecule has 2 amide bonds. The Labute approximate surface area is 191 Å². The van der Waals surface area contributed by atoms with E-state index in [-0.39, 0.29) is 41.7 Å². The van der Waals surface area contributed by atoms with Crippen molar-refractivity contribution in [2.75, 3.05) is 40.8 Å². The molecule has 1 aromatic rings. The number of hydrogen-bond donors (Lipinski definition) is 3. The number of guanidine groups is 1. The second-order valence-corrected chi connectivity index (χ2v) is 7.35. The summed E-state index contributed by atoms with van der Waals surface area (Å²) in [6.45, 7) is 2.15. The second-order valence-electron chi connectivity index (χ2n) is 7.35. The van der Waals surface area contributed by atoms with Gasteiger partial charge in [-0.25, -0.2) is 0 Å². The van der Waals surface area contributed by atoms with Gasteiger partial charge in [-0.3, -0.25) is 14.6 Å². The third kappa shape index (κ3) is 8.59. The summed E-state index contributed by atoms with van der Waals surface area (Å²) in [5.41, 5.74) is 1.81. The predicted molar refractivity (Wildman–Crippen MR) is 128 cm³/mol. The first-order chi connectivity index (χ1) is 13.5. The van der Waals surface area contributed by atoms with Crippen molar-refractivity contribution >= 4 is 41.8 Å². The number of amides is 2. The Kier molecular flexibility index (Phi) is 11.6. The molecule has 0 atom stereocenters. The van der Waals surface area contributed by atoms with Crippen molar-refractivity contribution in [1.29, 1.82) is 0 Å².